The van der Waals surface area contributed by atoms with E-state index in [4.69, 9.17) is 9.47 Å². The van der Waals surface area contributed by atoms with Crippen LogP contribution in [-0.4, -0.2) is 24.8 Å². The Morgan fingerprint density at radius 3 is 2.83 bits per heavy atom. The number of hydrogen-bond donors (Lipinski definition) is 0. The van der Waals surface area contributed by atoms with Crippen LogP contribution in [0.2, 0.25) is 0 Å². The molecule has 3 nitrogen and oxygen atoms in total. The first-order valence-corrected chi connectivity index (χ1v) is 4.17. The Morgan fingerprint density at radius 2 is 2.33 bits per heavy atom. The van der Waals surface area contributed by atoms with E-state index < -0.39 is 6.10 Å². The minimum absolute atomic E-state index is 0.0630. The summed E-state index contributed by atoms with van der Waals surface area (Å²) in [5.74, 6) is -0.255. The maximum absolute atomic E-state index is 11.2. The van der Waals surface area contributed by atoms with Crippen LogP contribution in [0.3, 0.4) is 0 Å². The molecule has 1 atom stereocenters. The molecule has 1 aliphatic rings. The molecule has 0 aromatic heterocycles. The molecule has 0 aromatic carbocycles. The third kappa shape index (κ3) is 2.66. The predicted octanol–water partition coefficient (Wildman–Crippen LogP) is 1.28. The number of hydrogen-bond acceptors (Lipinski definition) is 3. The van der Waals surface area contributed by atoms with Crippen LogP contribution in [0.4, 0.5) is 0 Å². The molecule has 0 amide bonds. The van der Waals surface area contributed by atoms with E-state index >= 15 is 0 Å². The van der Waals surface area contributed by atoms with E-state index in [1.54, 1.807) is 0 Å². The molecular formula is C9H14O3. The van der Waals surface area contributed by atoms with Gasteiger partial charge in [-0.3, -0.25) is 0 Å². The lowest BCUT2D eigenvalue weighted by Gasteiger charge is -2.18. The summed E-state index contributed by atoms with van der Waals surface area (Å²) in [5.41, 5.74) is 0. The first kappa shape index (κ1) is 9.26. The molecular weight excluding hydrogens is 156 g/mol. The zero-order chi connectivity index (χ0) is 8.97. The number of rotatable bonds is 2. The molecule has 3 heteroatoms. The van der Waals surface area contributed by atoms with Crippen molar-refractivity contribution in [2.45, 2.75) is 32.5 Å². The maximum atomic E-state index is 11.2. The molecule has 0 spiro atoms. The van der Waals surface area contributed by atoms with Gasteiger partial charge in [0.05, 0.1) is 12.7 Å². The van der Waals surface area contributed by atoms with E-state index in [1.807, 2.05) is 26.0 Å². The summed E-state index contributed by atoms with van der Waals surface area (Å²) >= 11 is 0. The van der Waals surface area contributed by atoms with Gasteiger partial charge in [0, 0.05) is 6.42 Å². The Balaban J connectivity index is 2.36. The average molecular weight is 170 g/mol. The minimum Gasteiger partial charge on any atom is -0.461 e. The molecule has 0 aromatic rings. The molecule has 1 aliphatic heterocycles. The highest BCUT2D eigenvalue weighted by atomic mass is 16.6. The van der Waals surface area contributed by atoms with Crippen LogP contribution < -0.4 is 0 Å². The van der Waals surface area contributed by atoms with Gasteiger partial charge in [0.2, 0.25) is 0 Å². The van der Waals surface area contributed by atoms with Crippen molar-refractivity contribution in [3.8, 4) is 0 Å². The Hall–Kier alpha value is -0.830. The number of carbonyl (C=O) groups excluding carboxylic acids is 1. The molecule has 0 N–H and O–H groups in total. The SMILES string of the molecule is CC(C)OC(=O)[C@H]1CC=CCO1. The first-order valence-electron chi connectivity index (χ1n) is 4.17. The molecule has 0 radical (unpaired) electrons. The van der Waals surface area contributed by atoms with Gasteiger partial charge >= 0.3 is 5.97 Å². The zero-order valence-electron chi connectivity index (χ0n) is 7.45. The van der Waals surface area contributed by atoms with Crippen molar-refractivity contribution in [2.24, 2.45) is 0 Å². The van der Waals surface area contributed by atoms with Gasteiger partial charge in [-0.05, 0) is 13.8 Å². The van der Waals surface area contributed by atoms with Crippen LogP contribution in [0.1, 0.15) is 20.3 Å². The standard InChI is InChI=1S/C9H14O3/c1-7(2)12-9(10)8-5-3-4-6-11-8/h3-4,7-8H,5-6H2,1-2H3/t8-/m1/s1. The summed E-state index contributed by atoms with van der Waals surface area (Å²) in [6.45, 7) is 4.17. The van der Waals surface area contributed by atoms with Crippen LogP contribution in [0.15, 0.2) is 12.2 Å². The highest BCUT2D eigenvalue weighted by Gasteiger charge is 2.21. The molecule has 1 heterocycles. The quantitative estimate of drug-likeness (QED) is 0.462. The second-order valence-corrected chi connectivity index (χ2v) is 3.01. The predicted molar refractivity (Wildman–Crippen MR) is 44.7 cm³/mol. The first-order chi connectivity index (χ1) is 5.70. The zero-order valence-corrected chi connectivity index (χ0v) is 7.45. The highest BCUT2D eigenvalue weighted by molar-refractivity contribution is 5.75. The van der Waals surface area contributed by atoms with Gasteiger partial charge in [-0.2, -0.15) is 0 Å². The normalized spacial score (nSPS) is 22.8. The van der Waals surface area contributed by atoms with Crippen molar-refractivity contribution in [2.75, 3.05) is 6.61 Å². The summed E-state index contributed by atoms with van der Waals surface area (Å²) in [6.07, 6.45) is 4.02. The van der Waals surface area contributed by atoms with E-state index in [-0.39, 0.29) is 12.1 Å². The Bertz CT molecular complexity index is 184. The topological polar surface area (TPSA) is 35.5 Å². The fourth-order valence-electron chi connectivity index (χ4n) is 1.00. The average Bonchev–Trinajstić information content (AvgIpc) is 2.05. The molecule has 0 unspecified atom stereocenters. The maximum Gasteiger partial charge on any atom is 0.335 e. The Morgan fingerprint density at radius 1 is 1.58 bits per heavy atom. The van der Waals surface area contributed by atoms with E-state index in [9.17, 15) is 4.79 Å². The second kappa shape index (κ2) is 4.26. The van der Waals surface area contributed by atoms with Gasteiger partial charge in [0.15, 0.2) is 6.10 Å². The van der Waals surface area contributed by atoms with Gasteiger partial charge in [-0.25, -0.2) is 4.79 Å². The monoisotopic (exact) mass is 170 g/mol. The summed E-state index contributed by atoms with van der Waals surface area (Å²) in [6, 6.07) is 0. The smallest absolute Gasteiger partial charge is 0.335 e. The molecule has 0 aliphatic carbocycles. The van der Waals surface area contributed by atoms with Gasteiger partial charge in [-0.1, -0.05) is 12.2 Å². The van der Waals surface area contributed by atoms with Gasteiger partial charge in [-0.15, -0.1) is 0 Å². The van der Waals surface area contributed by atoms with Crippen LogP contribution in [0.25, 0.3) is 0 Å². The van der Waals surface area contributed by atoms with Gasteiger partial charge in [0.1, 0.15) is 0 Å². The summed E-state index contributed by atoms with van der Waals surface area (Å²) in [4.78, 5) is 11.2. The third-order valence-corrected chi connectivity index (χ3v) is 1.53. The van der Waals surface area contributed by atoms with Crippen molar-refractivity contribution < 1.29 is 14.3 Å². The minimum atomic E-state index is -0.391. The fraction of sp³-hybridized carbons (Fsp3) is 0.667. The van der Waals surface area contributed by atoms with Crippen molar-refractivity contribution in [3.63, 3.8) is 0 Å². The van der Waals surface area contributed by atoms with E-state index in [0.717, 1.165) is 0 Å². The lowest BCUT2D eigenvalue weighted by Crippen LogP contribution is -2.29. The number of carbonyl (C=O) groups is 1. The molecule has 0 saturated carbocycles. The van der Waals surface area contributed by atoms with Crippen LogP contribution in [0, 0.1) is 0 Å². The Kier molecular flexibility index (Phi) is 3.29. The van der Waals surface area contributed by atoms with Gasteiger partial charge in [0.25, 0.3) is 0 Å². The molecule has 68 valence electrons. The van der Waals surface area contributed by atoms with Crippen molar-refractivity contribution in [1.82, 2.24) is 0 Å². The summed E-state index contributed by atoms with van der Waals surface area (Å²) in [7, 11) is 0. The fourth-order valence-corrected chi connectivity index (χ4v) is 1.00. The molecule has 0 saturated heterocycles. The molecule has 1 rings (SSSR count). The van der Waals surface area contributed by atoms with Crippen molar-refractivity contribution >= 4 is 5.97 Å². The molecule has 12 heavy (non-hydrogen) atoms. The van der Waals surface area contributed by atoms with E-state index in [0.29, 0.717) is 13.0 Å². The van der Waals surface area contributed by atoms with Crippen LogP contribution in [-0.2, 0) is 14.3 Å². The van der Waals surface area contributed by atoms with E-state index in [2.05, 4.69) is 0 Å². The van der Waals surface area contributed by atoms with Crippen LogP contribution in [0.5, 0.6) is 0 Å². The lowest BCUT2D eigenvalue weighted by atomic mass is 10.2. The number of esters is 1. The van der Waals surface area contributed by atoms with Crippen LogP contribution >= 0.6 is 0 Å². The van der Waals surface area contributed by atoms with Crippen molar-refractivity contribution in [3.05, 3.63) is 12.2 Å². The molecule has 0 fully saturated rings. The highest BCUT2D eigenvalue weighted by Crippen LogP contribution is 2.08. The second-order valence-electron chi connectivity index (χ2n) is 3.01. The lowest BCUT2D eigenvalue weighted by molar-refractivity contribution is -0.160. The largest absolute Gasteiger partial charge is 0.461 e. The Labute approximate surface area is 72.4 Å². The third-order valence-electron chi connectivity index (χ3n) is 1.53. The van der Waals surface area contributed by atoms with Crippen molar-refractivity contribution in [1.29, 1.82) is 0 Å². The molecule has 0 bridgehead atoms. The van der Waals surface area contributed by atoms with Gasteiger partial charge < -0.3 is 9.47 Å². The summed E-state index contributed by atoms with van der Waals surface area (Å²) < 4.78 is 10.2. The summed E-state index contributed by atoms with van der Waals surface area (Å²) in [5, 5.41) is 0. The van der Waals surface area contributed by atoms with E-state index in [1.165, 1.54) is 0 Å². The number of ether oxygens (including phenoxy) is 2.